The maximum atomic E-state index is 12.8. The quantitative estimate of drug-likeness (QED) is 0.127. The van der Waals surface area contributed by atoms with E-state index in [9.17, 15) is 19.4 Å². The van der Waals surface area contributed by atoms with E-state index in [0.29, 0.717) is 11.2 Å². The molecule has 6 rings (SSSR count). The SMILES string of the molecule is CC(C)(C)[Si](OC[C@H]1O[C@@H](n2cnc3c(NC(=O)c4ccccc4)ncnc32)C[C@]1(O)O[P+](=O)[O-])(c1ccccc1)c1ccccc1. The summed E-state index contributed by atoms with van der Waals surface area (Å²) in [6.45, 7) is 6.16. The number of fused-ring (bicyclic) bond motifs is 1. The average Bonchev–Trinajstić information content (AvgIpc) is 3.63. The molecule has 1 amide bonds. The number of imidazole rings is 1. The van der Waals surface area contributed by atoms with Gasteiger partial charge in [-0.25, -0.2) is 15.0 Å². The van der Waals surface area contributed by atoms with Crippen LogP contribution in [-0.2, 0) is 18.3 Å². The van der Waals surface area contributed by atoms with E-state index >= 15 is 0 Å². The summed E-state index contributed by atoms with van der Waals surface area (Å²) < 4.78 is 31.8. The second-order valence-corrected chi connectivity index (χ2v) is 17.2. The lowest BCUT2D eigenvalue weighted by atomic mass is 10.1. The zero-order valence-corrected chi connectivity index (χ0v) is 27.9. The molecule has 0 radical (unpaired) electrons. The Morgan fingerprint density at radius 1 is 1.02 bits per heavy atom. The van der Waals surface area contributed by atoms with Gasteiger partial charge in [-0.05, 0) is 32.1 Å². The number of nitrogens with one attached hydrogen (secondary N) is 1. The fourth-order valence-corrected chi connectivity index (χ4v) is 11.2. The predicted molar refractivity (Wildman–Crippen MR) is 175 cm³/mol. The Morgan fingerprint density at radius 2 is 1.62 bits per heavy atom. The molecule has 2 aromatic heterocycles. The van der Waals surface area contributed by atoms with Crippen molar-refractivity contribution in [3.05, 3.63) is 109 Å². The van der Waals surface area contributed by atoms with E-state index in [2.05, 4.69) is 41.0 Å². The number of nitrogens with zero attached hydrogens (tertiary/aromatic N) is 4. The lowest BCUT2D eigenvalue weighted by Crippen LogP contribution is -2.67. The molecule has 3 heterocycles. The van der Waals surface area contributed by atoms with Gasteiger partial charge >= 0.3 is 8.25 Å². The zero-order valence-electron chi connectivity index (χ0n) is 26.0. The van der Waals surface area contributed by atoms with E-state index in [0.717, 1.165) is 10.4 Å². The lowest BCUT2D eigenvalue weighted by Gasteiger charge is -2.43. The molecule has 1 aliphatic heterocycles. The molecule has 12 nitrogen and oxygen atoms in total. The van der Waals surface area contributed by atoms with Gasteiger partial charge in [0.2, 0.25) is 0 Å². The summed E-state index contributed by atoms with van der Waals surface area (Å²) in [6.07, 6.45) is 0.285. The zero-order chi connectivity index (χ0) is 33.2. The van der Waals surface area contributed by atoms with Crippen molar-refractivity contribution in [3.8, 4) is 0 Å². The van der Waals surface area contributed by atoms with Crippen molar-refractivity contribution in [2.75, 3.05) is 11.9 Å². The van der Waals surface area contributed by atoms with E-state index < -0.39 is 34.7 Å². The molecule has 0 spiro atoms. The van der Waals surface area contributed by atoms with Crippen LogP contribution in [0.25, 0.3) is 11.2 Å². The van der Waals surface area contributed by atoms with Gasteiger partial charge < -0.3 is 24.5 Å². The molecule has 3 aromatic carbocycles. The average molecular weight is 672 g/mol. The van der Waals surface area contributed by atoms with Crippen LogP contribution in [0.3, 0.4) is 0 Å². The van der Waals surface area contributed by atoms with Crippen LogP contribution < -0.4 is 20.6 Å². The molecule has 14 heteroatoms. The number of aliphatic hydroxyl groups is 1. The first-order valence-electron chi connectivity index (χ1n) is 15.0. The highest BCUT2D eigenvalue weighted by molar-refractivity contribution is 7.30. The van der Waals surface area contributed by atoms with Gasteiger partial charge in [-0.1, -0.05) is 99.6 Å². The van der Waals surface area contributed by atoms with Crippen molar-refractivity contribution < 1.29 is 33.0 Å². The van der Waals surface area contributed by atoms with Crippen LogP contribution in [0, 0.1) is 0 Å². The Hall–Kier alpha value is -4.20. The monoisotopic (exact) mass is 671 g/mol. The number of aromatic nitrogens is 4. The molecule has 0 saturated carbocycles. The predicted octanol–water partition coefficient (Wildman–Crippen LogP) is 3.67. The molecule has 4 atom stereocenters. The van der Waals surface area contributed by atoms with E-state index in [1.165, 1.54) is 12.7 Å². The van der Waals surface area contributed by atoms with Crippen LogP contribution in [0.5, 0.6) is 0 Å². The van der Waals surface area contributed by atoms with Crippen molar-refractivity contribution in [1.82, 2.24) is 19.5 Å². The van der Waals surface area contributed by atoms with Crippen LogP contribution in [0.4, 0.5) is 5.82 Å². The first kappa shape index (κ1) is 32.7. The van der Waals surface area contributed by atoms with E-state index in [4.69, 9.17) is 13.7 Å². The molecule has 0 aliphatic carbocycles. The first-order valence-corrected chi connectivity index (χ1v) is 18.0. The third-order valence-corrected chi connectivity index (χ3v) is 13.8. The van der Waals surface area contributed by atoms with Crippen molar-refractivity contribution in [2.45, 2.75) is 50.3 Å². The molecular formula is C33H34N5O7PSi. The summed E-state index contributed by atoms with van der Waals surface area (Å²) in [5.74, 6) is -2.44. The highest BCUT2D eigenvalue weighted by atomic mass is 31.1. The molecule has 1 unspecified atom stereocenters. The maximum Gasteiger partial charge on any atom is 0.491 e. The van der Waals surface area contributed by atoms with Gasteiger partial charge in [-0.15, -0.1) is 4.52 Å². The third kappa shape index (κ3) is 6.39. The van der Waals surface area contributed by atoms with Gasteiger partial charge in [0, 0.05) is 5.56 Å². The minimum Gasteiger partial charge on any atom is -0.566 e. The van der Waals surface area contributed by atoms with Crippen molar-refractivity contribution in [3.63, 3.8) is 0 Å². The van der Waals surface area contributed by atoms with Gasteiger partial charge in [0.1, 0.15) is 18.7 Å². The van der Waals surface area contributed by atoms with Gasteiger partial charge in [0.25, 0.3) is 20.0 Å². The van der Waals surface area contributed by atoms with Crippen LogP contribution in [0.2, 0.25) is 5.04 Å². The Labute approximate surface area is 273 Å². The van der Waals surface area contributed by atoms with Crippen molar-refractivity contribution >= 4 is 49.8 Å². The number of hydrogen-bond acceptors (Lipinski definition) is 10. The van der Waals surface area contributed by atoms with Gasteiger partial charge in [-0.2, -0.15) is 0 Å². The van der Waals surface area contributed by atoms with Crippen molar-refractivity contribution in [1.29, 1.82) is 0 Å². The fourth-order valence-electron chi connectivity index (χ4n) is 6.17. The Morgan fingerprint density at radius 3 is 2.19 bits per heavy atom. The summed E-state index contributed by atoms with van der Waals surface area (Å²) >= 11 is 0. The summed E-state index contributed by atoms with van der Waals surface area (Å²) in [6, 6.07) is 28.5. The van der Waals surface area contributed by atoms with Crippen LogP contribution in [-0.4, -0.2) is 57.3 Å². The molecule has 0 bridgehead atoms. The number of anilines is 1. The summed E-state index contributed by atoms with van der Waals surface area (Å²) in [4.78, 5) is 37.7. The largest absolute Gasteiger partial charge is 0.566 e. The first-order chi connectivity index (χ1) is 22.5. The molecule has 47 heavy (non-hydrogen) atoms. The minimum absolute atomic E-state index is 0.177. The Kier molecular flexibility index (Phi) is 9.14. The molecule has 2 N–H and O–H groups in total. The smallest absolute Gasteiger partial charge is 0.491 e. The van der Waals surface area contributed by atoms with Crippen molar-refractivity contribution in [2.24, 2.45) is 0 Å². The molecule has 1 aliphatic rings. The van der Waals surface area contributed by atoms with E-state index in [1.54, 1.807) is 28.8 Å². The molecule has 1 saturated heterocycles. The number of rotatable bonds is 10. The van der Waals surface area contributed by atoms with Gasteiger partial charge in [0.15, 0.2) is 17.0 Å². The number of benzene rings is 3. The maximum absolute atomic E-state index is 12.8. The van der Waals surface area contributed by atoms with Crippen LogP contribution in [0.1, 0.15) is 43.8 Å². The minimum atomic E-state index is -3.46. The summed E-state index contributed by atoms with van der Waals surface area (Å²) in [7, 11) is -6.54. The number of hydrogen-bond donors (Lipinski definition) is 2. The highest BCUT2D eigenvalue weighted by Crippen LogP contribution is 2.44. The van der Waals surface area contributed by atoms with E-state index in [1.807, 2.05) is 66.7 Å². The standard InChI is InChI=1S/C33H34N5O7PSi/c1-32(2,3)47(24-15-9-5-10-16-24,25-17-11-6-12-18-25)43-20-26-33(40,45-46(41)42)19-27(44-26)38-22-36-28-29(34-21-35-30(28)38)37-31(39)23-13-7-4-8-14-23/h4-18,21-22,26-27,40H,19-20H2,1-3H3,(H,34,35,37,39)/t26-,27-,33+/m1/s1. The fraction of sp³-hybridized carbons (Fsp3) is 0.273. The highest BCUT2D eigenvalue weighted by Gasteiger charge is 2.57. The normalized spacial score (nSPS) is 20.3. The second kappa shape index (κ2) is 13.1. The van der Waals surface area contributed by atoms with Crippen LogP contribution in [0.15, 0.2) is 104 Å². The Bertz CT molecular complexity index is 1840. The Balaban J connectivity index is 1.33. The third-order valence-electron chi connectivity index (χ3n) is 8.33. The lowest BCUT2D eigenvalue weighted by molar-refractivity contribution is -0.239. The number of carbonyl (C=O) groups excluding carboxylic acids is 1. The summed E-state index contributed by atoms with van der Waals surface area (Å²) in [5.41, 5.74) is 1.03. The molecular weight excluding hydrogens is 637 g/mol. The molecule has 1 fully saturated rings. The number of carbonyl (C=O) groups is 1. The molecule has 5 aromatic rings. The van der Waals surface area contributed by atoms with E-state index in [-0.39, 0.29) is 35.3 Å². The number of ether oxygens (including phenoxy) is 1. The molecule has 242 valence electrons. The van der Waals surface area contributed by atoms with Gasteiger partial charge in [-0.3, -0.25) is 9.36 Å². The topological polar surface area (TPSA) is 161 Å². The summed E-state index contributed by atoms with van der Waals surface area (Å²) in [5, 5.41) is 16.1. The second-order valence-electron chi connectivity index (χ2n) is 12.3. The van der Waals surface area contributed by atoms with Crippen LogP contribution >= 0.6 is 8.25 Å². The van der Waals surface area contributed by atoms with Gasteiger partial charge in [0.05, 0.1) is 19.4 Å². The number of amides is 1.